The van der Waals surface area contributed by atoms with Crippen LogP contribution in [-0.4, -0.2) is 60.2 Å². The number of furan rings is 1. The number of benzene rings is 1. The average molecular weight is 356 g/mol. The SMILES string of the molecule is O=C(CN1CCN(C(=O)c2ccco2)CC1)NNC(=O)c1ccccc1. The second kappa shape index (κ2) is 8.30. The van der Waals surface area contributed by atoms with Crippen molar-refractivity contribution in [3.8, 4) is 0 Å². The van der Waals surface area contributed by atoms with Gasteiger partial charge in [-0.05, 0) is 24.3 Å². The van der Waals surface area contributed by atoms with Crippen LogP contribution in [0, 0.1) is 0 Å². The van der Waals surface area contributed by atoms with E-state index in [0.29, 0.717) is 37.5 Å². The van der Waals surface area contributed by atoms with Crippen LogP contribution in [0.5, 0.6) is 0 Å². The van der Waals surface area contributed by atoms with Crippen molar-refractivity contribution in [2.75, 3.05) is 32.7 Å². The first-order valence-corrected chi connectivity index (χ1v) is 8.33. The predicted octanol–water partition coefficient (Wildman–Crippen LogP) is 0.499. The number of nitrogens with zero attached hydrogens (tertiary/aromatic N) is 2. The van der Waals surface area contributed by atoms with Crippen LogP contribution >= 0.6 is 0 Å². The summed E-state index contributed by atoms with van der Waals surface area (Å²) in [6, 6.07) is 12.0. The van der Waals surface area contributed by atoms with Gasteiger partial charge in [-0.25, -0.2) is 0 Å². The Morgan fingerprint density at radius 3 is 2.31 bits per heavy atom. The van der Waals surface area contributed by atoms with E-state index >= 15 is 0 Å². The fourth-order valence-electron chi connectivity index (χ4n) is 2.70. The molecule has 8 nitrogen and oxygen atoms in total. The van der Waals surface area contributed by atoms with E-state index < -0.39 is 0 Å². The summed E-state index contributed by atoms with van der Waals surface area (Å²) in [5, 5.41) is 0. The molecule has 1 aliphatic rings. The highest BCUT2D eigenvalue weighted by atomic mass is 16.3. The van der Waals surface area contributed by atoms with Gasteiger partial charge in [-0.3, -0.25) is 30.1 Å². The van der Waals surface area contributed by atoms with Gasteiger partial charge >= 0.3 is 0 Å². The summed E-state index contributed by atoms with van der Waals surface area (Å²) in [5.41, 5.74) is 5.27. The van der Waals surface area contributed by atoms with Gasteiger partial charge in [0.2, 0.25) is 0 Å². The highest BCUT2D eigenvalue weighted by Gasteiger charge is 2.24. The van der Waals surface area contributed by atoms with Crippen LogP contribution < -0.4 is 10.9 Å². The van der Waals surface area contributed by atoms with E-state index in [9.17, 15) is 14.4 Å². The van der Waals surface area contributed by atoms with E-state index in [4.69, 9.17) is 4.42 Å². The summed E-state index contributed by atoms with van der Waals surface area (Å²) in [6.07, 6.45) is 1.47. The lowest BCUT2D eigenvalue weighted by molar-refractivity contribution is -0.123. The lowest BCUT2D eigenvalue weighted by atomic mass is 10.2. The molecule has 1 saturated heterocycles. The Morgan fingerprint density at radius 2 is 1.65 bits per heavy atom. The molecule has 0 unspecified atom stereocenters. The van der Waals surface area contributed by atoms with E-state index in [-0.39, 0.29) is 24.3 Å². The first kappa shape index (κ1) is 17.7. The van der Waals surface area contributed by atoms with E-state index in [1.54, 1.807) is 41.3 Å². The van der Waals surface area contributed by atoms with Crippen LogP contribution in [0.15, 0.2) is 53.1 Å². The first-order chi connectivity index (χ1) is 12.6. The van der Waals surface area contributed by atoms with Gasteiger partial charge in [0.05, 0.1) is 12.8 Å². The molecule has 2 N–H and O–H groups in total. The maximum absolute atomic E-state index is 12.2. The van der Waals surface area contributed by atoms with Crippen LogP contribution in [0.4, 0.5) is 0 Å². The van der Waals surface area contributed by atoms with Gasteiger partial charge in [-0.2, -0.15) is 0 Å². The Labute approximate surface area is 150 Å². The molecule has 0 bridgehead atoms. The van der Waals surface area contributed by atoms with Gasteiger partial charge in [0.15, 0.2) is 5.76 Å². The van der Waals surface area contributed by atoms with Crippen molar-refractivity contribution in [2.45, 2.75) is 0 Å². The minimum Gasteiger partial charge on any atom is -0.459 e. The molecule has 1 aromatic heterocycles. The van der Waals surface area contributed by atoms with Crippen LogP contribution in [0.1, 0.15) is 20.9 Å². The fourth-order valence-corrected chi connectivity index (χ4v) is 2.70. The van der Waals surface area contributed by atoms with E-state index in [1.807, 2.05) is 11.0 Å². The summed E-state index contributed by atoms with van der Waals surface area (Å²) in [6.45, 7) is 2.34. The number of rotatable bonds is 4. The van der Waals surface area contributed by atoms with Crippen LogP contribution in [0.3, 0.4) is 0 Å². The summed E-state index contributed by atoms with van der Waals surface area (Å²) in [4.78, 5) is 39.7. The second-order valence-electron chi connectivity index (χ2n) is 5.91. The molecule has 0 radical (unpaired) electrons. The molecular formula is C18H20N4O4. The Morgan fingerprint density at radius 1 is 0.923 bits per heavy atom. The van der Waals surface area contributed by atoms with Crippen molar-refractivity contribution in [2.24, 2.45) is 0 Å². The number of hydrogen-bond acceptors (Lipinski definition) is 5. The lowest BCUT2D eigenvalue weighted by Crippen LogP contribution is -2.52. The molecule has 1 aromatic carbocycles. The maximum Gasteiger partial charge on any atom is 0.289 e. The van der Waals surface area contributed by atoms with Crippen molar-refractivity contribution < 1.29 is 18.8 Å². The van der Waals surface area contributed by atoms with Gasteiger partial charge < -0.3 is 9.32 Å². The largest absolute Gasteiger partial charge is 0.459 e. The van der Waals surface area contributed by atoms with E-state index in [2.05, 4.69) is 10.9 Å². The molecular weight excluding hydrogens is 336 g/mol. The molecule has 0 saturated carbocycles. The van der Waals surface area contributed by atoms with Crippen molar-refractivity contribution >= 4 is 17.7 Å². The Hall–Kier alpha value is -3.13. The molecule has 8 heteroatoms. The van der Waals surface area contributed by atoms with Crippen molar-refractivity contribution in [1.82, 2.24) is 20.7 Å². The third-order valence-electron chi connectivity index (χ3n) is 4.11. The molecule has 0 atom stereocenters. The zero-order chi connectivity index (χ0) is 18.4. The molecule has 0 aliphatic carbocycles. The van der Waals surface area contributed by atoms with Gasteiger partial charge in [-0.1, -0.05) is 18.2 Å². The standard InChI is InChI=1S/C18H20N4O4/c23-16(19-20-17(24)14-5-2-1-3-6-14)13-21-8-10-22(11-9-21)18(25)15-7-4-12-26-15/h1-7,12H,8-11,13H2,(H,19,23)(H,20,24). The molecule has 0 spiro atoms. The molecule has 1 fully saturated rings. The van der Waals surface area contributed by atoms with Crippen LogP contribution in [0.25, 0.3) is 0 Å². The monoisotopic (exact) mass is 356 g/mol. The maximum atomic E-state index is 12.2. The number of amides is 3. The van der Waals surface area contributed by atoms with Crippen LogP contribution in [-0.2, 0) is 4.79 Å². The Bertz CT molecular complexity index is 753. The number of carbonyl (C=O) groups is 3. The predicted molar refractivity (Wildman–Crippen MR) is 93.1 cm³/mol. The third-order valence-corrected chi connectivity index (χ3v) is 4.11. The Balaban J connectivity index is 1.39. The van der Waals surface area contributed by atoms with Crippen molar-refractivity contribution in [1.29, 1.82) is 0 Å². The first-order valence-electron chi connectivity index (χ1n) is 8.33. The molecule has 136 valence electrons. The van der Waals surface area contributed by atoms with E-state index in [1.165, 1.54) is 6.26 Å². The number of hydrazine groups is 1. The molecule has 3 rings (SSSR count). The number of hydrogen-bond donors (Lipinski definition) is 2. The zero-order valence-electron chi connectivity index (χ0n) is 14.2. The van der Waals surface area contributed by atoms with Gasteiger partial charge in [0, 0.05) is 31.7 Å². The van der Waals surface area contributed by atoms with E-state index in [0.717, 1.165) is 0 Å². The smallest absolute Gasteiger partial charge is 0.289 e. The molecule has 3 amide bonds. The summed E-state index contributed by atoms with van der Waals surface area (Å²) in [5.74, 6) is -0.498. The fraction of sp³-hybridized carbons (Fsp3) is 0.278. The van der Waals surface area contributed by atoms with Crippen molar-refractivity contribution in [3.05, 3.63) is 60.1 Å². The minimum atomic E-state index is -0.368. The van der Waals surface area contributed by atoms with Crippen molar-refractivity contribution in [3.63, 3.8) is 0 Å². The summed E-state index contributed by atoms with van der Waals surface area (Å²) in [7, 11) is 0. The zero-order valence-corrected chi connectivity index (χ0v) is 14.2. The molecule has 2 aromatic rings. The van der Waals surface area contributed by atoms with Gasteiger partial charge in [-0.15, -0.1) is 0 Å². The average Bonchev–Trinajstić information content (AvgIpc) is 3.21. The number of carbonyl (C=O) groups excluding carboxylic acids is 3. The highest BCUT2D eigenvalue weighted by Crippen LogP contribution is 2.09. The summed E-state index contributed by atoms with van der Waals surface area (Å²) >= 11 is 0. The topological polar surface area (TPSA) is 94.9 Å². The normalized spacial score (nSPS) is 14.7. The second-order valence-corrected chi connectivity index (χ2v) is 5.91. The molecule has 1 aliphatic heterocycles. The van der Waals surface area contributed by atoms with Gasteiger partial charge in [0.25, 0.3) is 17.7 Å². The highest BCUT2D eigenvalue weighted by molar-refractivity contribution is 5.95. The number of nitrogens with one attached hydrogen (secondary N) is 2. The minimum absolute atomic E-state index is 0.144. The quantitative estimate of drug-likeness (QED) is 0.778. The van der Waals surface area contributed by atoms with Gasteiger partial charge in [0.1, 0.15) is 0 Å². The molecule has 26 heavy (non-hydrogen) atoms. The summed E-state index contributed by atoms with van der Waals surface area (Å²) < 4.78 is 5.12. The number of piperazine rings is 1. The lowest BCUT2D eigenvalue weighted by Gasteiger charge is -2.33. The Kier molecular flexibility index (Phi) is 5.65. The third kappa shape index (κ3) is 4.48. The van der Waals surface area contributed by atoms with Crippen LogP contribution in [0.2, 0.25) is 0 Å². The molecule has 2 heterocycles.